The number of halogens is 1. The van der Waals surface area contributed by atoms with Crippen molar-refractivity contribution in [1.82, 2.24) is 0 Å². The minimum Gasteiger partial charge on any atom is -0.496 e. The van der Waals surface area contributed by atoms with Gasteiger partial charge in [0.1, 0.15) is 11.6 Å². The van der Waals surface area contributed by atoms with Gasteiger partial charge in [-0.2, -0.15) is 0 Å². The molecule has 2 aromatic rings. The number of para-hydroxylation sites is 2. The molecule has 0 fully saturated rings. The van der Waals surface area contributed by atoms with Crippen molar-refractivity contribution in [2.45, 2.75) is 0 Å². The number of benzene rings is 2. The number of methoxy groups -OCH3 is 1. The van der Waals surface area contributed by atoms with Crippen LogP contribution in [0.5, 0.6) is 5.75 Å². The molecule has 0 radical (unpaired) electrons. The van der Waals surface area contributed by atoms with Crippen LogP contribution in [0.3, 0.4) is 0 Å². The predicted octanol–water partition coefficient (Wildman–Crippen LogP) is 2.65. The first kappa shape index (κ1) is 12.1. The van der Waals surface area contributed by atoms with Gasteiger partial charge in [-0.15, -0.1) is 0 Å². The number of nitrogen functional groups attached to an aromatic ring is 1. The van der Waals surface area contributed by atoms with Crippen molar-refractivity contribution < 1.29 is 13.9 Å². The number of carbonyl (C=O) groups is 1. The second-order valence-corrected chi connectivity index (χ2v) is 3.73. The molecule has 0 aromatic heterocycles. The first-order chi connectivity index (χ1) is 8.65. The molecule has 2 N–H and O–H groups in total. The highest BCUT2D eigenvalue weighted by Crippen LogP contribution is 2.24. The maximum Gasteiger partial charge on any atom is 0.198 e. The number of ketones is 1. The third kappa shape index (κ3) is 2.05. The maximum absolute atomic E-state index is 13.3. The molecule has 0 bridgehead atoms. The highest BCUT2D eigenvalue weighted by atomic mass is 19.1. The summed E-state index contributed by atoms with van der Waals surface area (Å²) in [6, 6.07) is 10.9. The van der Waals surface area contributed by atoms with E-state index in [1.54, 1.807) is 24.3 Å². The molecule has 2 rings (SSSR count). The number of hydrogen-bond donors (Lipinski definition) is 1. The molecule has 4 heteroatoms. The summed E-state index contributed by atoms with van der Waals surface area (Å²) in [7, 11) is 1.47. The summed E-state index contributed by atoms with van der Waals surface area (Å²) in [6.07, 6.45) is 0. The molecule has 0 saturated carbocycles. The average Bonchev–Trinajstić information content (AvgIpc) is 2.41. The molecular formula is C14H12FNO2. The summed E-state index contributed by atoms with van der Waals surface area (Å²) in [5, 5.41) is 0. The molecule has 3 nitrogen and oxygen atoms in total. The SMILES string of the molecule is COc1ccccc1C(=O)c1cccc(F)c1N. The van der Waals surface area contributed by atoms with Crippen molar-refractivity contribution in [1.29, 1.82) is 0 Å². The largest absolute Gasteiger partial charge is 0.496 e. The zero-order valence-electron chi connectivity index (χ0n) is 9.81. The fraction of sp³-hybridized carbons (Fsp3) is 0.0714. The summed E-state index contributed by atoms with van der Waals surface area (Å²) in [5.41, 5.74) is 5.93. The van der Waals surface area contributed by atoms with Gasteiger partial charge in [0.05, 0.1) is 18.4 Å². The van der Waals surface area contributed by atoms with Crippen LogP contribution in [-0.4, -0.2) is 12.9 Å². The number of ether oxygens (including phenoxy) is 1. The van der Waals surface area contributed by atoms with Crippen LogP contribution in [0, 0.1) is 5.82 Å². The minimum atomic E-state index is -0.601. The van der Waals surface area contributed by atoms with Gasteiger partial charge in [-0.25, -0.2) is 4.39 Å². The van der Waals surface area contributed by atoms with Gasteiger partial charge in [-0.3, -0.25) is 4.79 Å². The molecule has 92 valence electrons. The third-order valence-corrected chi connectivity index (χ3v) is 2.65. The fourth-order valence-corrected chi connectivity index (χ4v) is 1.71. The molecule has 0 atom stereocenters. The van der Waals surface area contributed by atoms with E-state index in [0.717, 1.165) is 0 Å². The number of hydrogen-bond acceptors (Lipinski definition) is 3. The molecule has 0 saturated heterocycles. The highest BCUT2D eigenvalue weighted by Gasteiger charge is 2.17. The lowest BCUT2D eigenvalue weighted by molar-refractivity contribution is 0.103. The Morgan fingerprint density at radius 3 is 2.50 bits per heavy atom. The standard InChI is InChI=1S/C14H12FNO2/c1-18-12-8-3-2-5-9(12)14(17)10-6-4-7-11(15)13(10)16/h2-8H,16H2,1H3. The van der Waals surface area contributed by atoms with Crippen molar-refractivity contribution in [3.8, 4) is 5.75 Å². The molecule has 0 amide bonds. The number of carbonyl (C=O) groups excluding carboxylic acids is 1. The van der Waals surface area contributed by atoms with E-state index in [1.165, 1.54) is 25.3 Å². The van der Waals surface area contributed by atoms with Gasteiger partial charge in [0.2, 0.25) is 0 Å². The Morgan fingerprint density at radius 2 is 1.78 bits per heavy atom. The van der Waals surface area contributed by atoms with E-state index in [0.29, 0.717) is 11.3 Å². The van der Waals surface area contributed by atoms with Crippen molar-refractivity contribution >= 4 is 11.5 Å². The van der Waals surface area contributed by atoms with Gasteiger partial charge in [-0.1, -0.05) is 18.2 Å². The quantitative estimate of drug-likeness (QED) is 0.668. The molecule has 2 aromatic carbocycles. The van der Waals surface area contributed by atoms with Crippen LogP contribution in [0.4, 0.5) is 10.1 Å². The Balaban J connectivity index is 2.52. The Kier molecular flexibility index (Phi) is 3.28. The predicted molar refractivity (Wildman–Crippen MR) is 67.2 cm³/mol. The summed E-state index contributed by atoms with van der Waals surface area (Å²) < 4.78 is 18.4. The van der Waals surface area contributed by atoms with Crippen LogP contribution < -0.4 is 10.5 Å². The molecular weight excluding hydrogens is 233 g/mol. The van der Waals surface area contributed by atoms with Crippen LogP contribution in [0.2, 0.25) is 0 Å². The molecule has 18 heavy (non-hydrogen) atoms. The molecule has 0 heterocycles. The van der Waals surface area contributed by atoms with Gasteiger partial charge in [-0.05, 0) is 24.3 Å². The lowest BCUT2D eigenvalue weighted by Gasteiger charge is -2.09. The zero-order valence-corrected chi connectivity index (χ0v) is 9.81. The summed E-state index contributed by atoms with van der Waals surface area (Å²) in [5.74, 6) is -0.522. The highest BCUT2D eigenvalue weighted by molar-refractivity contribution is 6.13. The minimum absolute atomic E-state index is 0.138. The number of anilines is 1. The Morgan fingerprint density at radius 1 is 1.11 bits per heavy atom. The van der Waals surface area contributed by atoms with E-state index in [-0.39, 0.29) is 17.0 Å². The second kappa shape index (κ2) is 4.87. The Bertz CT molecular complexity index is 596. The monoisotopic (exact) mass is 245 g/mol. The second-order valence-electron chi connectivity index (χ2n) is 3.73. The van der Waals surface area contributed by atoms with Crippen LogP contribution in [0.15, 0.2) is 42.5 Å². The van der Waals surface area contributed by atoms with E-state index in [9.17, 15) is 9.18 Å². The molecule has 0 spiro atoms. The van der Waals surface area contributed by atoms with Crippen LogP contribution >= 0.6 is 0 Å². The third-order valence-electron chi connectivity index (χ3n) is 2.65. The van der Waals surface area contributed by atoms with Gasteiger partial charge in [0, 0.05) is 5.56 Å². The van der Waals surface area contributed by atoms with Gasteiger partial charge in [0.15, 0.2) is 5.78 Å². The van der Waals surface area contributed by atoms with Crippen LogP contribution in [-0.2, 0) is 0 Å². The van der Waals surface area contributed by atoms with Gasteiger partial charge >= 0.3 is 0 Å². The summed E-state index contributed by atoms with van der Waals surface area (Å²) >= 11 is 0. The van der Waals surface area contributed by atoms with E-state index >= 15 is 0 Å². The lowest BCUT2D eigenvalue weighted by Crippen LogP contribution is -2.08. The van der Waals surface area contributed by atoms with Gasteiger partial charge < -0.3 is 10.5 Å². The van der Waals surface area contributed by atoms with Crippen LogP contribution in [0.25, 0.3) is 0 Å². The molecule has 0 aliphatic heterocycles. The van der Waals surface area contributed by atoms with E-state index in [1.807, 2.05) is 0 Å². The first-order valence-electron chi connectivity index (χ1n) is 5.37. The van der Waals surface area contributed by atoms with Crippen molar-refractivity contribution in [2.24, 2.45) is 0 Å². The fourth-order valence-electron chi connectivity index (χ4n) is 1.71. The average molecular weight is 245 g/mol. The van der Waals surface area contributed by atoms with Crippen molar-refractivity contribution in [2.75, 3.05) is 12.8 Å². The van der Waals surface area contributed by atoms with E-state index < -0.39 is 5.82 Å². The topological polar surface area (TPSA) is 52.3 Å². The number of nitrogens with two attached hydrogens (primary N) is 1. The summed E-state index contributed by atoms with van der Waals surface area (Å²) in [4.78, 5) is 12.3. The lowest BCUT2D eigenvalue weighted by atomic mass is 10.0. The van der Waals surface area contributed by atoms with E-state index in [2.05, 4.69) is 0 Å². The maximum atomic E-state index is 13.3. The van der Waals surface area contributed by atoms with Crippen molar-refractivity contribution in [3.63, 3.8) is 0 Å². The summed E-state index contributed by atoms with van der Waals surface area (Å²) in [6.45, 7) is 0. The van der Waals surface area contributed by atoms with E-state index in [4.69, 9.17) is 10.5 Å². The molecule has 0 aliphatic carbocycles. The Labute approximate surface area is 104 Å². The molecule has 0 aliphatic rings. The normalized spacial score (nSPS) is 10.1. The smallest absolute Gasteiger partial charge is 0.198 e. The Hall–Kier alpha value is -2.36. The number of rotatable bonds is 3. The zero-order chi connectivity index (χ0) is 13.1. The molecule has 0 unspecified atom stereocenters. The van der Waals surface area contributed by atoms with Gasteiger partial charge in [0.25, 0.3) is 0 Å². The first-order valence-corrected chi connectivity index (χ1v) is 5.37. The van der Waals surface area contributed by atoms with Crippen molar-refractivity contribution in [3.05, 3.63) is 59.4 Å². The van der Waals surface area contributed by atoms with Crippen LogP contribution in [0.1, 0.15) is 15.9 Å².